The third kappa shape index (κ3) is 4.42. The van der Waals surface area contributed by atoms with Crippen LogP contribution in [0.5, 0.6) is 6.01 Å². The lowest BCUT2D eigenvalue weighted by Gasteiger charge is -2.47. The van der Waals surface area contributed by atoms with Crippen molar-refractivity contribution in [1.82, 2.24) is 25.2 Å². The normalized spacial score (nSPS) is 27.3. The van der Waals surface area contributed by atoms with Gasteiger partial charge in [-0.1, -0.05) is 22.9 Å². The van der Waals surface area contributed by atoms with Crippen LogP contribution in [0, 0.1) is 11.6 Å². The van der Waals surface area contributed by atoms with Crippen LogP contribution < -0.4 is 20.7 Å². The second kappa shape index (κ2) is 10.3. The first-order valence-electron chi connectivity index (χ1n) is 14.4. The summed E-state index contributed by atoms with van der Waals surface area (Å²) < 4.78 is 58.1. The van der Waals surface area contributed by atoms with Crippen LogP contribution in [-0.2, 0) is 4.74 Å². The molecule has 3 N–H and O–H groups in total. The summed E-state index contributed by atoms with van der Waals surface area (Å²) in [7, 11) is 0. The highest BCUT2D eigenvalue weighted by atomic mass is 35.5. The van der Waals surface area contributed by atoms with E-state index in [1.54, 1.807) is 6.07 Å². The number of aromatic nitrogens is 3. The minimum absolute atomic E-state index is 0.0119. The van der Waals surface area contributed by atoms with Crippen molar-refractivity contribution in [3.05, 3.63) is 34.9 Å². The Kier molecular flexibility index (Phi) is 6.60. The molecule has 0 spiro atoms. The molecule has 4 fully saturated rings. The first kappa shape index (κ1) is 27.6. The number of nitrogens with two attached hydrogens (primary N) is 1. The molecular weight excluding hydrogens is 603 g/mol. The predicted octanol–water partition coefficient (Wildman–Crippen LogP) is 4.55. The molecular formula is C29H29ClF3N7O2S. The van der Waals surface area contributed by atoms with Crippen LogP contribution in [0.25, 0.3) is 32.2 Å². The number of rotatable bonds is 5. The highest BCUT2D eigenvalue weighted by Crippen LogP contribution is 2.44. The van der Waals surface area contributed by atoms with Gasteiger partial charge in [0.15, 0.2) is 10.9 Å². The Morgan fingerprint density at radius 3 is 2.79 bits per heavy atom. The van der Waals surface area contributed by atoms with Crippen LogP contribution in [0.1, 0.15) is 19.3 Å². The van der Waals surface area contributed by atoms with Gasteiger partial charge in [-0.2, -0.15) is 9.97 Å². The largest absolute Gasteiger partial charge is 0.461 e. The minimum atomic E-state index is -0.911. The lowest BCUT2D eigenvalue weighted by atomic mass is 9.95. The van der Waals surface area contributed by atoms with Crippen molar-refractivity contribution in [3.8, 4) is 17.1 Å². The number of anilines is 2. The number of piperazine rings is 1. The third-order valence-corrected chi connectivity index (χ3v) is 10.5. The van der Waals surface area contributed by atoms with Crippen molar-refractivity contribution in [2.75, 3.05) is 56.6 Å². The van der Waals surface area contributed by atoms with Gasteiger partial charge >= 0.3 is 6.01 Å². The summed E-state index contributed by atoms with van der Waals surface area (Å²) >= 11 is 7.80. The van der Waals surface area contributed by atoms with Crippen molar-refractivity contribution in [1.29, 1.82) is 0 Å². The SMILES string of the molecule is Nc1nc2c(-c3c(Cl)cc4c(N5C6CNCC5COC6)nc(OC[C@@]56CCCN5C[C@H](F)C6)nc4c3F)ccc(F)c2s1. The predicted molar refractivity (Wildman–Crippen MR) is 160 cm³/mol. The van der Waals surface area contributed by atoms with Gasteiger partial charge in [0.05, 0.1) is 46.1 Å². The van der Waals surface area contributed by atoms with Crippen LogP contribution in [-0.4, -0.2) is 89.6 Å². The van der Waals surface area contributed by atoms with Gasteiger partial charge in [-0.05, 0) is 37.6 Å². The van der Waals surface area contributed by atoms with Crippen LogP contribution >= 0.6 is 22.9 Å². The molecule has 0 amide bonds. The minimum Gasteiger partial charge on any atom is -0.461 e. The number of alkyl halides is 1. The molecule has 0 aliphatic carbocycles. The quantitative estimate of drug-likeness (QED) is 0.328. The Balaban J connectivity index is 1.29. The number of fused-ring (bicyclic) bond motifs is 5. The number of benzene rings is 2. The van der Waals surface area contributed by atoms with Crippen LogP contribution in [0.4, 0.5) is 24.1 Å². The Hall–Kier alpha value is -2.97. The van der Waals surface area contributed by atoms with E-state index in [1.807, 2.05) is 0 Å². The number of thiazole rings is 1. The maximum absolute atomic E-state index is 16.8. The summed E-state index contributed by atoms with van der Waals surface area (Å²) in [6.07, 6.45) is 1.26. The molecule has 2 bridgehead atoms. The van der Waals surface area contributed by atoms with Gasteiger partial charge in [-0.3, -0.25) is 4.90 Å². The fourth-order valence-electron chi connectivity index (χ4n) is 7.39. The van der Waals surface area contributed by atoms with Crippen molar-refractivity contribution in [3.63, 3.8) is 0 Å². The summed E-state index contributed by atoms with van der Waals surface area (Å²) in [4.78, 5) is 18.0. The van der Waals surface area contributed by atoms with Gasteiger partial charge in [-0.15, -0.1) is 0 Å². The summed E-state index contributed by atoms with van der Waals surface area (Å²) in [5, 5.41) is 4.13. The number of hydrogen-bond acceptors (Lipinski definition) is 10. The lowest BCUT2D eigenvalue weighted by Crippen LogP contribution is -2.64. The van der Waals surface area contributed by atoms with E-state index in [0.29, 0.717) is 56.0 Å². The Morgan fingerprint density at radius 2 is 1.98 bits per heavy atom. The van der Waals surface area contributed by atoms with Crippen molar-refractivity contribution >= 4 is 55.0 Å². The highest BCUT2D eigenvalue weighted by molar-refractivity contribution is 7.22. The molecule has 4 aliphatic heterocycles. The Morgan fingerprint density at radius 1 is 1.16 bits per heavy atom. The van der Waals surface area contributed by atoms with Gasteiger partial charge in [-0.25, -0.2) is 18.2 Å². The van der Waals surface area contributed by atoms with Crippen LogP contribution in [0.15, 0.2) is 18.2 Å². The average molecular weight is 632 g/mol. The van der Waals surface area contributed by atoms with E-state index < -0.39 is 23.3 Å². The fourth-order valence-corrected chi connectivity index (χ4v) is 8.44. The molecule has 14 heteroatoms. The molecule has 4 aliphatic rings. The molecule has 6 heterocycles. The van der Waals surface area contributed by atoms with E-state index in [1.165, 1.54) is 12.1 Å². The zero-order valence-corrected chi connectivity index (χ0v) is 24.7. The fraction of sp³-hybridized carbons (Fsp3) is 0.483. The molecule has 43 heavy (non-hydrogen) atoms. The number of nitrogen functional groups attached to an aromatic ring is 1. The topological polar surface area (TPSA) is 102 Å². The van der Waals surface area contributed by atoms with Crippen molar-refractivity contribution in [2.45, 2.75) is 43.1 Å². The van der Waals surface area contributed by atoms with E-state index in [-0.39, 0.29) is 56.2 Å². The highest BCUT2D eigenvalue weighted by Gasteiger charge is 2.49. The monoisotopic (exact) mass is 631 g/mol. The molecule has 0 saturated carbocycles. The molecule has 0 radical (unpaired) electrons. The average Bonchev–Trinajstić information content (AvgIpc) is 3.64. The van der Waals surface area contributed by atoms with Gasteiger partial charge in [0.2, 0.25) is 0 Å². The Bertz CT molecular complexity index is 1740. The summed E-state index contributed by atoms with van der Waals surface area (Å²) in [6.45, 7) is 3.71. The molecule has 2 aromatic heterocycles. The number of morpholine rings is 1. The zero-order valence-electron chi connectivity index (χ0n) is 23.1. The molecule has 4 atom stereocenters. The summed E-state index contributed by atoms with van der Waals surface area (Å²) in [5.41, 5.74) is 6.07. The maximum Gasteiger partial charge on any atom is 0.319 e. The van der Waals surface area contributed by atoms with E-state index >= 15 is 4.39 Å². The molecule has 4 aromatic rings. The number of hydrogen-bond donors (Lipinski definition) is 2. The molecule has 8 rings (SSSR count). The maximum atomic E-state index is 16.8. The zero-order chi connectivity index (χ0) is 29.5. The number of halogens is 4. The molecule has 2 unspecified atom stereocenters. The molecule has 4 saturated heterocycles. The Labute approximate surface area is 254 Å². The van der Waals surface area contributed by atoms with E-state index in [2.05, 4.69) is 25.1 Å². The van der Waals surface area contributed by atoms with E-state index in [9.17, 15) is 8.78 Å². The van der Waals surface area contributed by atoms with Gasteiger partial charge in [0.1, 0.15) is 29.9 Å². The smallest absolute Gasteiger partial charge is 0.319 e. The number of ether oxygens (including phenoxy) is 2. The van der Waals surface area contributed by atoms with Gasteiger partial charge in [0, 0.05) is 42.6 Å². The first-order valence-corrected chi connectivity index (χ1v) is 15.6. The van der Waals surface area contributed by atoms with Crippen molar-refractivity contribution < 1.29 is 22.6 Å². The van der Waals surface area contributed by atoms with Crippen LogP contribution in [0.2, 0.25) is 5.02 Å². The standard InChI is InChI=1S/C29H29ClF3N7O2S/c30-19-6-18-23(22(33)21(19)17-2-3-20(32)25-24(17)36-27(34)43-25)37-28(42-13-29-4-1-5-39(29)10-14(31)7-29)38-26(18)40-15-8-35-9-16(40)12-41-11-15/h2-3,6,14-16,35H,1,4-5,7-13H2,(H2,34,36)/t14-,15?,16?,29+/m1/s1. The summed E-state index contributed by atoms with van der Waals surface area (Å²) in [5.74, 6) is -0.692. The number of nitrogens with zero attached hydrogens (tertiary/aromatic N) is 5. The van der Waals surface area contributed by atoms with E-state index in [0.717, 1.165) is 30.7 Å². The lowest BCUT2D eigenvalue weighted by molar-refractivity contribution is 0.0522. The third-order valence-electron chi connectivity index (χ3n) is 9.27. The second-order valence-electron chi connectivity index (χ2n) is 11.9. The second-order valence-corrected chi connectivity index (χ2v) is 13.3. The van der Waals surface area contributed by atoms with Crippen molar-refractivity contribution in [2.24, 2.45) is 0 Å². The van der Waals surface area contributed by atoms with Crippen LogP contribution in [0.3, 0.4) is 0 Å². The van der Waals surface area contributed by atoms with Gasteiger partial charge in [0.25, 0.3) is 0 Å². The summed E-state index contributed by atoms with van der Waals surface area (Å²) in [6, 6.07) is 4.29. The first-order chi connectivity index (χ1) is 20.8. The van der Waals surface area contributed by atoms with Gasteiger partial charge < -0.3 is 25.4 Å². The number of nitrogens with one attached hydrogen (secondary N) is 1. The molecule has 9 nitrogen and oxygen atoms in total. The van der Waals surface area contributed by atoms with E-state index in [4.69, 9.17) is 31.8 Å². The molecule has 226 valence electrons. The molecule has 2 aromatic carbocycles.